The van der Waals surface area contributed by atoms with Gasteiger partial charge in [-0.3, -0.25) is 9.59 Å². The van der Waals surface area contributed by atoms with E-state index in [2.05, 4.69) is 11.3 Å². The summed E-state index contributed by atoms with van der Waals surface area (Å²) >= 11 is 0. The van der Waals surface area contributed by atoms with Gasteiger partial charge in [0.15, 0.2) is 6.29 Å². The number of hydrogen-bond acceptors (Lipinski definition) is 4. The van der Waals surface area contributed by atoms with Crippen molar-refractivity contribution in [3.05, 3.63) is 42.0 Å². The Bertz CT molecular complexity index is 434. The zero-order valence-corrected chi connectivity index (χ0v) is 8.51. The number of hydrogen-bond donors (Lipinski definition) is 0. The Morgan fingerprint density at radius 2 is 2.12 bits per heavy atom. The van der Waals surface area contributed by atoms with E-state index in [-0.39, 0.29) is 12.9 Å². The highest BCUT2D eigenvalue weighted by atomic mass is 16.5. The monoisotopic (exact) mass is 218 g/mol. The van der Waals surface area contributed by atoms with Gasteiger partial charge in [-0.15, -0.1) is 0 Å². The van der Waals surface area contributed by atoms with Gasteiger partial charge in [-0.1, -0.05) is 30.9 Å². The van der Waals surface area contributed by atoms with Crippen molar-refractivity contribution in [1.82, 2.24) is 0 Å². The first-order valence-electron chi connectivity index (χ1n) is 4.55. The fourth-order valence-electron chi connectivity index (χ4n) is 1.08. The topological polar surface area (TPSA) is 60.4 Å². The lowest BCUT2D eigenvalue weighted by molar-refractivity contribution is -0.155. The van der Waals surface area contributed by atoms with Gasteiger partial charge in [0, 0.05) is 0 Å². The first-order valence-corrected chi connectivity index (χ1v) is 4.55. The Morgan fingerprint density at radius 3 is 2.75 bits per heavy atom. The van der Waals surface area contributed by atoms with Crippen molar-refractivity contribution in [2.75, 3.05) is 0 Å². The zero-order valence-electron chi connectivity index (χ0n) is 8.51. The first kappa shape index (κ1) is 11.8. The van der Waals surface area contributed by atoms with Crippen LogP contribution in [0.3, 0.4) is 0 Å². The lowest BCUT2D eigenvalue weighted by atomic mass is 10.1. The predicted octanol–water partition coefficient (Wildman–Crippen LogP) is 1.14. The van der Waals surface area contributed by atoms with E-state index in [4.69, 9.17) is 0 Å². The Balaban J connectivity index is 2.60. The number of ether oxygens (including phenoxy) is 1. The van der Waals surface area contributed by atoms with Gasteiger partial charge in [0.2, 0.25) is 0 Å². The molecule has 0 spiro atoms. The van der Waals surface area contributed by atoms with E-state index in [0.29, 0.717) is 0 Å². The summed E-state index contributed by atoms with van der Waals surface area (Å²) in [6, 6.07) is 7.13. The highest BCUT2D eigenvalue weighted by Crippen LogP contribution is 2.07. The second kappa shape index (κ2) is 5.60. The maximum absolute atomic E-state index is 10.9. The van der Waals surface area contributed by atoms with Crippen LogP contribution in [-0.2, 0) is 25.7 Å². The molecule has 0 radical (unpaired) electrons. The third-order valence-electron chi connectivity index (χ3n) is 1.86. The molecule has 1 aromatic rings. The molecule has 0 aromatic heterocycles. The molecule has 0 atom stereocenters. The van der Waals surface area contributed by atoms with E-state index in [1.807, 2.05) is 6.07 Å². The van der Waals surface area contributed by atoms with Crippen LogP contribution in [0.2, 0.25) is 0 Å². The number of Topliss-reactive ketones (excluding diaryl/α,β-unsaturated/α-hetero) is 1. The Labute approximate surface area is 92.5 Å². The van der Waals surface area contributed by atoms with Crippen LogP contribution in [0.15, 0.2) is 30.8 Å². The Morgan fingerprint density at radius 1 is 1.38 bits per heavy atom. The number of aldehydes is 1. The van der Waals surface area contributed by atoms with Crippen LogP contribution in [0.4, 0.5) is 0 Å². The molecular weight excluding hydrogens is 208 g/mol. The smallest absolute Gasteiger partial charge is 0.382 e. The molecule has 4 nitrogen and oxygen atoms in total. The van der Waals surface area contributed by atoms with E-state index in [9.17, 15) is 14.4 Å². The summed E-state index contributed by atoms with van der Waals surface area (Å²) in [4.78, 5) is 31.5. The van der Waals surface area contributed by atoms with Crippen LogP contribution in [0.5, 0.6) is 0 Å². The molecule has 0 saturated carbocycles. The second-order valence-electron chi connectivity index (χ2n) is 3.01. The molecule has 0 fully saturated rings. The molecule has 16 heavy (non-hydrogen) atoms. The molecule has 0 aliphatic rings. The fraction of sp³-hybridized carbons (Fsp3) is 0.0833. The number of rotatable bonds is 5. The van der Waals surface area contributed by atoms with Crippen molar-refractivity contribution in [2.24, 2.45) is 0 Å². The molecule has 0 aliphatic carbocycles. The number of benzene rings is 1. The number of ketones is 1. The minimum Gasteiger partial charge on any atom is -0.455 e. The van der Waals surface area contributed by atoms with Crippen LogP contribution in [0, 0.1) is 0 Å². The molecule has 0 unspecified atom stereocenters. The summed E-state index contributed by atoms with van der Waals surface area (Å²) in [7, 11) is 0. The molecule has 0 N–H and O–H groups in total. The standard InChI is InChI=1S/C12H10O4/c1-2-9-4-3-5-10(6-9)8-16-12(15)11(14)7-13/h2-7H,1,8H2. The third kappa shape index (κ3) is 3.16. The van der Waals surface area contributed by atoms with Crippen molar-refractivity contribution in [3.63, 3.8) is 0 Å². The van der Waals surface area contributed by atoms with Gasteiger partial charge in [0.25, 0.3) is 0 Å². The summed E-state index contributed by atoms with van der Waals surface area (Å²) in [6.07, 6.45) is 1.59. The summed E-state index contributed by atoms with van der Waals surface area (Å²) in [5, 5.41) is 0. The lowest BCUT2D eigenvalue weighted by Crippen LogP contribution is -2.17. The average molecular weight is 218 g/mol. The molecule has 1 rings (SSSR count). The molecule has 0 aliphatic heterocycles. The third-order valence-corrected chi connectivity index (χ3v) is 1.86. The molecule has 0 amide bonds. The van der Waals surface area contributed by atoms with Crippen LogP contribution >= 0.6 is 0 Å². The number of carbonyl (C=O) groups excluding carboxylic acids is 3. The van der Waals surface area contributed by atoms with E-state index in [0.717, 1.165) is 11.1 Å². The van der Waals surface area contributed by atoms with E-state index in [1.165, 1.54) is 0 Å². The molecular formula is C12H10O4. The molecule has 0 bridgehead atoms. The minimum atomic E-state index is -1.18. The molecule has 82 valence electrons. The quantitative estimate of drug-likeness (QED) is 0.322. The fourth-order valence-corrected chi connectivity index (χ4v) is 1.08. The Hall–Kier alpha value is -2.23. The molecule has 0 heterocycles. The maximum Gasteiger partial charge on any atom is 0.382 e. The van der Waals surface area contributed by atoms with Crippen molar-refractivity contribution < 1.29 is 19.1 Å². The van der Waals surface area contributed by atoms with Gasteiger partial charge in [-0.25, -0.2) is 4.79 Å². The van der Waals surface area contributed by atoms with E-state index in [1.54, 1.807) is 24.3 Å². The molecule has 4 heteroatoms. The maximum atomic E-state index is 10.9. The van der Waals surface area contributed by atoms with Gasteiger partial charge in [-0.05, 0) is 17.2 Å². The van der Waals surface area contributed by atoms with Crippen LogP contribution in [0.25, 0.3) is 6.08 Å². The largest absolute Gasteiger partial charge is 0.455 e. The second-order valence-corrected chi connectivity index (χ2v) is 3.01. The van der Waals surface area contributed by atoms with Crippen LogP contribution < -0.4 is 0 Å². The molecule has 1 aromatic carbocycles. The summed E-state index contributed by atoms with van der Waals surface area (Å²) in [6.45, 7) is 3.56. The number of carbonyl (C=O) groups is 3. The van der Waals surface area contributed by atoms with Gasteiger partial charge < -0.3 is 4.74 Å². The van der Waals surface area contributed by atoms with Gasteiger partial charge in [0.1, 0.15) is 6.61 Å². The van der Waals surface area contributed by atoms with Crippen LogP contribution in [0.1, 0.15) is 11.1 Å². The van der Waals surface area contributed by atoms with Crippen molar-refractivity contribution in [2.45, 2.75) is 6.61 Å². The highest BCUT2D eigenvalue weighted by molar-refractivity contribution is 6.55. The summed E-state index contributed by atoms with van der Waals surface area (Å²) in [5.41, 5.74) is 1.61. The van der Waals surface area contributed by atoms with Crippen molar-refractivity contribution in [1.29, 1.82) is 0 Å². The Kier molecular flexibility index (Phi) is 4.15. The van der Waals surface area contributed by atoms with Crippen molar-refractivity contribution in [3.8, 4) is 0 Å². The van der Waals surface area contributed by atoms with Gasteiger partial charge >= 0.3 is 11.8 Å². The number of esters is 1. The normalized spacial score (nSPS) is 9.25. The van der Waals surface area contributed by atoms with E-state index >= 15 is 0 Å². The minimum absolute atomic E-state index is 0.0416. The molecule has 0 saturated heterocycles. The van der Waals surface area contributed by atoms with Gasteiger partial charge in [-0.2, -0.15) is 0 Å². The van der Waals surface area contributed by atoms with Crippen molar-refractivity contribution >= 4 is 24.1 Å². The van der Waals surface area contributed by atoms with Gasteiger partial charge in [0.05, 0.1) is 0 Å². The first-order chi connectivity index (χ1) is 7.67. The van der Waals surface area contributed by atoms with E-state index < -0.39 is 11.8 Å². The zero-order chi connectivity index (χ0) is 12.0. The highest BCUT2D eigenvalue weighted by Gasteiger charge is 2.13. The predicted molar refractivity (Wildman–Crippen MR) is 57.4 cm³/mol. The summed E-state index contributed by atoms with van der Waals surface area (Å²) < 4.78 is 4.63. The van der Waals surface area contributed by atoms with Crippen LogP contribution in [-0.4, -0.2) is 18.0 Å². The lowest BCUT2D eigenvalue weighted by Gasteiger charge is -2.03. The SMILES string of the molecule is C=Cc1cccc(COC(=O)C(=O)C=O)c1. The average Bonchev–Trinajstić information content (AvgIpc) is 2.35. The summed E-state index contributed by atoms with van der Waals surface area (Å²) in [5.74, 6) is -2.32.